The summed E-state index contributed by atoms with van der Waals surface area (Å²) in [4.78, 5) is 16.4. The number of benzene rings is 2. The quantitative estimate of drug-likeness (QED) is 0.343. The van der Waals surface area contributed by atoms with E-state index >= 15 is 0 Å². The lowest BCUT2D eigenvalue weighted by Crippen LogP contribution is -2.15. The van der Waals surface area contributed by atoms with Gasteiger partial charge in [0.15, 0.2) is 0 Å². The van der Waals surface area contributed by atoms with Gasteiger partial charge in [0.25, 0.3) is 0 Å². The third-order valence-corrected chi connectivity index (χ3v) is 5.25. The summed E-state index contributed by atoms with van der Waals surface area (Å²) in [6, 6.07) is 12.0. The Morgan fingerprint density at radius 1 is 1.07 bits per heavy atom. The van der Waals surface area contributed by atoms with E-state index in [2.05, 4.69) is 4.98 Å². The van der Waals surface area contributed by atoms with E-state index in [0.717, 1.165) is 10.9 Å². The molecule has 0 saturated carbocycles. The van der Waals surface area contributed by atoms with Crippen molar-refractivity contribution >= 4 is 45.8 Å². The van der Waals surface area contributed by atoms with Crippen LogP contribution in [0.2, 0.25) is 15.1 Å². The summed E-state index contributed by atoms with van der Waals surface area (Å²) < 4.78 is 13.4. The van der Waals surface area contributed by atoms with E-state index in [1.807, 2.05) is 16.8 Å². The van der Waals surface area contributed by atoms with Crippen molar-refractivity contribution in [1.29, 1.82) is 0 Å². The maximum Gasteiger partial charge on any atom is 0.341 e. The molecule has 0 saturated heterocycles. The molecule has 0 aliphatic rings. The molecule has 0 aliphatic carbocycles. The average molecular weight is 450 g/mol. The van der Waals surface area contributed by atoms with Crippen LogP contribution in [-0.4, -0.2) is 9.55 Å². The van der Waals surface area contributed by atoms with Crippen molar-refractivity contribution in [2.45, 2.75) is 19.3 Å². The van der Waals surface area contributed by atoms with Crippen molar-refractivity contribution in [3.8, 4) is 0 Å². The smallest absolute Gasteiger partial charge is 0.341 e. The molecule has 4 aromatic rings. The molecular formula is C21H15Cl3N2O3. The van der Waals surface area contributed by atoms with Crippen LogP contribution in [0.15, 0.2) is 70.4 Å². The number of aromatic nitrogens is 2. The molecule has 29 heavy (non-hydrogen) atoms. The van der Waals surface area contributed by atoms with Crippen molar-refractivity contribution in [3.05, 3.63) is 97.8 Å². The summed E-state index contributed by atoms with van der Waals surface area (Å²) >= 11 is 18.5. The van der Waals surface area contributed by atoms with Crippen LogP contribution < -0.4 is 5.63 Å². The van der Waals surface area contributed by atoms with E-state index in [-0.39, 0.29) is 6.61 Å². The highest BCUT2D eigenvalue weighted by molar-refractivity contribution is 6.35. The number of hydrogen-bond acceptors (Lipinski definition) is 4. The topological polar surface area (TPSA) is 57.3 Å². The average Bonchev–Trinajstić information content (AvgIpc) is 3.19. The van der Waals surface area contributed by atoms with Gasteiger partial charge < -0.3 is 13.7 Å². The molecule has 0 fully saturated rings. The maximum atomic E-state index is 12.4. The molecule has 0 N–H and O–H groups in total. The summed E-state index contributed by atoms with van der Waals surface area (Å²) in [6.45, 7) is 0.509. The monoisotopic (exact) mass is 448 g/mol. The molecule has 5 nitrogen and oxygen atoms in total. The molecular weight excluding hydrogens is 435 g/mol. The summed E-state index contributed by atoms with van der Waals surface area (Å²) in [7, 11) is 0. The fourth-order valence-electron chi connectivity index (χ4n) is 3.02. The molecule has 0 amide bonds. The third-order valence-electron chi connectivity index (χ3n) is 4.45. The third kappa shape index (κ3) is 4.65. The van der Waals surface area contributed by atoms with Gasteiger partial charge in [-0.1, -0.05) is 40.9 Å². The number of nitrogens with zero attached hydrogens (tertiary/aromatic N) is 2. The Morgan fingerprint density at radius 2 is 1.86 bits per heavy atom. The first-order valence-electron chi connectivity index (χ1n) is 8.74. The van der Waals surface area contributed by atoms with Gasteiger partial charge in [0.05, 0.1) is 25.0 Å². The van der Waals surface area contributed by atoms with Crippen LogP contribution in [0.5, 0.6) is 0 Å². The van der Waals surface area contributed by atoms with Gasteiger partial charge in [-0.15, -0.1) is 0 Å². The van der Waals surface area contributed by atoms with Crippen molar-refractivity contribution < 1.29 is 9.15 Å². The van der Waals surface area contributed by atoms with E-state index < -0.39 is 11.7 Å². The maximum absolute atomic E-state index is 12.4. The minimum absolute atomic E-state index is 0.0447. The van der Waals surface area contributed by atoms with Crippen molar-refractivity contribution in [2.75, 3.05) is 0 Å². The van der Waals surface area contributed by atoms with Crippen LogP contribution in [-0.2, 0) is 17.9 Å². The number of fused-ring (bicyclic) bond motifs is 1. The zero-order valence-electron chi connectivity index (χ0n) is 15.0. The fourth-order valence-corrected chi connectivity index (χ4v) is 3.73. The van der Waals surface area contributed by atoms with Crippen LogP contribution in [0.1, 0.15) is 17.2 Å². The molecule has 2 aromatic carbocycles. The molecule has 0 spiro atoms. The molecule has 0 bridgehead atoms. The van der Waals surface area contributed by atoms with E-state index in [4.69, 9.17) is 44.0 Å². The lowest BCUT2D eigenvalue weighted by atomic mass is 10.1. The number of rotatable bonds is 6. The van der Waals surface area contributed by atoms with Gasteiger partial charge in [0.1, 0.15) is 11.7 Å². The minimum Gasteiger partial charge on any atom is -0.422 e. The second kappa shape index (κ2) is 8.59. The van der Waals surface area contributed by atoms with E-state index in [0.29, 0.717) is 32.8 Å². The summed E-state index contributed by atoms with van der Waals surface area (Å²) in [5.74, 6) is 0. The van der Waals surface area contributed by atoms with Gasteiger partial charge in [0.2, 0.25) is 0 Å². The van der Waals surface area contributed by atoms with E-state index in [1.165, 1.54) is 0 Å². The van der Waals surface area contributed by atoms with Gasteiger partial charge in [-0.05, 0) is 36.4 Å². The summed E-state index contributed by atoms with van der Waals surface area (Å²) in [5, 5.41) is 2.31. The minimum atomic E-state index is -0.455. The van der Waals surface area contributed by atoms with Crippen LogP contribution in [0, 0.1) is 0 Å². The number of halogens is 3. The molecule has 2 aromatic heterocycles. The van der Waals surface area contributed by atoms with Crippen LogP contribution in [0.3, 0.4) is 0 Å². The largest absolute Gasteiger partial charge is 0.422 e. The highest BCUT2D eigenvalue weighted by Crippen LogP contribution is 2.30. The summed E-state index contributed by atoms with van der Waals surface area (Å²) in [5.41, 5.74) is 1.17. The van der Waals surface area contributed by atoms with Gasteiger partial charge >= 0.3 is 5.63 Å². The fraction of sp³-hybridized carbons (Fsp3) is 0.143. The van der Waals surface area contributed by atoms with Gasteiger partial charge in [-0.25, -0.2) is 9.78 Å². The molecule has 148 valence electrons. The van der Waals surface area contributed by atoms with Crippen LogP contribution >= 0.6 is 34.8 Å². The number of hydrogen-bond donors (Lipinski definition) is 0. The Balaban J connectivity index is 1.63. The van der Waals surface area contributed by atoms with Gasteiger partial charge in [-0.2, -0.15) is 0 Å². The number of ether oxygens (including phenoxy) is 1. The van der Waals surface area contributed by atoms with Gasteiger partial charge in [-0.3, -0.25) is 0 Å². The first-order chi connectivity index (χ1) is 14.0. The highest BCUT2D eigenvalue weighted by atomic mass is 35.5. The Hall–Kier alpha value is -2.31. The zero-order chi connectivity index (χ0) is 20.4. The van der Waals surface area contributed by atoms with E-state index in [1.54, 1.807) is 48.9 Å². The molecule has 1 atom stereocenters. The number of imidazole rings is 1. The lowest BCUT2D eigenvalue weighted by Gasteiger charge is -2.20. The Kier molecular flexibility index (Phi) is 5.92. The molecule has 1 unspecified atom stereocenters. The second-order valence-electron chi connectivity index (χ2n) is 6.47. The Morgan fingerprint density at radius 3 is 2.62 bits per heavy atom. The van der Waals surface area contributed by atoms with Crippen molar-refractivity contribution in [3.63, 3.8) is 0 Å². The predicted octanol–water partition coefficient (Wildman–Crippen LogP) is 5.91. The normalized spacial score (nSPS) is 12.4. The SMILES string of the molecule is O=c1oc2ccc(Cl)cc2cc1COC(Cn1ccnc1)c1ccc(Cl)cc1Cl. The zero-order valence-corrected chi connectivity index (χ0v) is 17.3. The van der Waals surface area contributed by atoms with E-state index in [9.17, 15) is 4.79 Å². The molecule has 2 heterocycles. The molecule has 4 rings (SSSR count). The first-order valence-corrected chi connectivity index (χ1v) is 9.87. The summed E-state index contributed by atoms with van der Waals surface area (Å²) in [6.07, 6.45) is 4.77. The lowest BCUT2D eigenvalue weighted by molar-refractivity contribution is 0.0268. The first kappa shape index (κ1) is 20.0. The van der Waals surface area contributed by atoms with Crippen molar-refractivity contribution in [2.24, 2.45) is 0 Å². The standard InChI is InChI=1S/C21H15Cl3N2O3/c22-15-2-4-19-13(8-15)7-14(21(27)29-19)11-28-20(10-26-6-5-25-12-26)17-3-1-16(23)9-18(17)24/h1-9,12,20H,10-11H2. The Bertz CT molecular complexity index is 1210. The predicted molar refractivity (Wildman–Crippen MR) is 114 cm³/mol. The molecule has 0 aliphatic heterocycles. The molecule has 8 heteroatoms. The molecule has 0 radical (unpaired) electrons. The van der Waals surface area contributed by atoms with Crippen LogP contribution in [0.4, 0.5) is 0 Å². The highest BCUT2D eigenvalue weighted by Gasteiger charge is 2.18. The van der Waals surface area contributed by atoms with Crippen LogP contribution in [0.25, 0.3) is 11.0 Å². The second-order valence-corrected chi connectivity index (χ2v) is 7.75. The van der Waals surface area contributed by atoms with Gasteiger partial charge in [0, 0.05) is 38.4 Å². The Labute approximate surface area is 181 Å². The van der Waals surface area contributed by atoms with Crippen molar-refractivity contribution in [1.82, 2.24) is 9.55 Å².